The summed E-state index contributed by atoms with van der Waals surface area (Å²) in [5.41, 5.74) is 0. The Balaban J connectivity index is 2.95. The van der Waals surface area contributed by atoms with Crippen LogP contribution in [0.1, 0.15) is 96.8 Å². The van der Waals surface area contributed by atoms with Crippen LogP contribution in [0.4, 0.5) is 0 Å². The van der Waals surface area contributed by atoms with Gasteiger partial charge in [-0.15, -0.1) is 0 Å². The van der Waals surface area contributed by atoms with Gasteiger partial charge in [-0.1, -0.05) is 99.2 Å². The molecule has 0 rings (SSSR count). The molecule has 0 amide bonds. The minimum absolute atomic E-state index is 1.18. The summed E-state index contributed by atoms with van der Waals surface area (Å²) in [6.45, 7) is 2.24. The van der Waals surface area contributed by atoms with E-state index in [2.05, 4.69) is 35.0 Å². The lowest BCUT2D eigenvalue weighted by Gasteiger charge is -2.02. The molecule has 0 unspecified atom stereocenters. The van der Waals surface area contributed by atoms with Gasteiger partial charge in [0.15, 0.2) is 0 Å². The molecule has 0 spiro atoms. The molecule has 0 bridgehead atoms. The topological polar surface area (TPSA) is 0 Å². The lowest BCUT2D eigenvalue weighted by molar-refractivity contribution is 0.551. The zero-order valence-corrected chi connectivity index (χ0v) is 14.7. The van der Waals surface area contributed by atoms with Crippen LogP contribution in [-0.4, -0.2) is 5.33 Å². The van der Waals surface area contributed by atoms with Crippen LogP contribution < -0.4 is 0 Å². The van der Waals surface area contributed by atoms with Crippen LogP contribution in [0.5, 0.6) is 0 Å². The van der Waals surface area contributed by atoms with Crippen LogP contribution in [0.25, 0.3) is 0 Å². The summed E-state index contributed by atoms with van der Waals surface area (Å²) in [6, 6.07) is 0. The maximum absolute atomic E-state index is 3.49. The number of hydrogen-bond donors (Lipinski definition) is 0. The first kappa shape index (κ1) is 19.2. The maximum atomic E-state index is 3.49. The third kappa shape index (κ3) is 18.2. The lowest BCUT2D eigenvalue weighted by atomic mass is 10.1. The van der Waals surface area contributed by atoms with E-state index in [9.17, 15) is 0 Å². The Morgan fingerprint density at radius 2 is 1.00 bits per heavy atom. The highest BCUT2D eigenvalue weighted by molar-refractivity contribution is 9.09. The summed E-state index contributed by atoms with van der Waals surface area (Å²) < 4.78 is 0. The van der Waals surface area contributed by atoms with Gasteiger partial charge in [0.05, 0.1) is 0 Å². The van der Waals surface area contributed by atoms with Crippen molar-refractivity contribution in [3.63, 3.8) is 0 Å². The van der Waals surface area contributed by atoms with Crippen molar-refractivity contribution >= 4 is 15.9 Å². The second-order valence-corrected chi connectivity index (χ2v) is 6.42. The molecule has 0 aliphatic carbocycles. The van der Waals surface area contributed by atoms with Crippen molar-refractivity contribution in [2.75, 3.05) is 5.33 Å². The lowest BCUT2D eigenvalue weighted by Crippen LogP contribution is -1.82. The van der Waals surface area contributed by atoms with Gasteiger partial charge in [0, 0.05) is 5.33 Å². The van der Waals surface area contributed by atoms with Gasteiger partial charge < -0.3 is 0 Å². The third-order valence-corrected chi connectivity index (χ3v) is 4.19. The standard InChI is InChI=1S/C18H35Br/c1-2-3-4-5-6-7-8-9-10-11-12-13-14-15-16-17-18-19/h4-5H,2-3,6-18H2,1H3/b5-4-. The van der Waals surface area contributed by atoms with Crippen molar-refractivity contribution in [2.45, 2.75) is 96.8 Å². The average molecular weight is 331 g/mol. The molecule has 0 aliphatic heterocycles. The van der Waals surface area contributed by atoms with E-state index in [0.29, 0.717) is 0 Å². The van der Waals surface area contributed by atoms with Crippen LogP contribution in [0.15, 0.2) is 12.2 Å². The van der Waals surface area contributed by atoms with Gasteiger partial charge >= 0.3 is 0 Å². The predicted molar refractivity (Wildman–Crippen MR) is 93.2 cm³/mol. The Kier molecular flexibility index (Phi) is 18.4. The second kappa shape index (κ2) is 18.2. The highest BCUT2D eigenvalue weighted by atomic mass is 79.9. The van der Waals surface area contributed by atoms with Crippen LogP contribution in [0.2, 0.25) is 0 Å². The summed E-state index contributed by atoms with van der Waals surface area (Å²) in [6.07, 6.45) is 24.3. The average Bonchev–Trinajstić information content (AvgIpc) is 2.43. The predicted octanol–water partition coefficient (Wildman–Crippen LogP) is 7.42. The largest absolute Gasteiger partial charge is 0.0928 e. The number of alkyl halides is 1. The monoisotopic (exact) mass is 330 g/mol. The molecule has 0 heterocycles. The van der Waals surface area contributed by atoms with Crippen molar-refractivity contribution in [2.24, 2.45) is 0 Å². The van der Waals surface area contributed by atoms with Crippen LogP contribution in [0.3, 0.4) is 0 Å². The third-order valence-electron chi connectivity index (χ3n) is 3.63. The number of hydrogen-bond acceptors (Lipinski definition) is 0. The molecule has 0 saturated carbocycles. The van der Waals surface area contributed by atoms with Gasteiger partial charge in [0.2, 0.25) is 0 Å². The molecular weight excluding hydrogens is 296 g/mol. The zero-order chi connectivity index (χ0) is 14.0. The van der Waals surface area contributed by atoms with E-state index in [0.717, 1.165) is 0 Å². The van der Waals surface area contributed by atoms with E-state index in [-0.39, 0.29) is 0 Å². The number of unbranched alkanes of at least 4 members (excludes halogenated alkanes) is 12. The molecule has 19 heavy (non-hydrogen) atoms. The van der Waals surface area contributed by atoms with Crippen molar-refractivity contribution in [3.05, 3.63) is 12.2 Å². The van der Waals surface area contributed by atoms with Crippen LogP contribution in [-0.2, 0) is 0 Å². The minimum Gasteiger partial charge on any atom is -0.0928 e. The summed E-state index contributed by atoms with van der Waals surface area (Å²) in [7, 11) is 0. The van der Waals surface area contributed by atoms with E-state index in [1.54, 1.807) is 0 Å². The van der Waals surface area contributed by atoms with Crippen LogP contribution in [0, 0.1) is 0 Å². The van der Waals surface area contributed by atoms with Crippen molar-refractivity contribution in [1.82, 2.24) is 0 Å². The molecule has 0 nitrogen and oxygen atoms in total. The van der Waals surface area contributed by atoms with Gasteiger partial charge in [-0.2, -0.15) is 0 Å². The Labute approximate surface area is 130 Å². The molecule has 0 aromatic carbocycles. The highest BCUT2D eigenvalue weighted by Crippen LogP contribution is 2.12. The summed E-state index contributed by atoms with van der Waals surface area (Å²) in [4.78, 5) is 0. The van der Waals surface area contributed by atoms with Gasteiger partial charge in [0.25, 0.3) is 0 Å². The van der Waals surface area contributed by atoms with Gasteiger partial charge in [-0.25, -0.2) is 0 Å². The summed E-state index contributed by atoms with van der Waals surface area (Å²) in [5, 5.41) is 1.18. The van der Waals surface area contributed by atoms with E-state index < -0.39 is 0 Å². The molecule has 0 atom stereocenters. The van der Waals surface area contributed by atoms with Crippen molar-refractivity contribution in [1.29, 1.82) is 0 Å². The van der Waals surface area contributed by atoms with Gasteiger partial charge in [-0.3, -0.25) is 0 Å². The highest BCUT2D eigenvalue weighted by Gasteiger charge is 1.92. The summed E-state index contributed by atoms with van der Waals surface area (Å²) in [5.74, 6) is 0. The summed E-state index contributed by atoms with van der Waals surface area (Å²) >= 11 is 3.49. The first-order chi connectivity index (χ1) is 9.41. The van der Waals surface area contributed by atoms with E-state index >= 15 is 0 Å². The first-order valence-electron chi connectivity index (χ1n) is 8.62. The SMILES string of the molecule is CCC/C=C\CCCCCCCCCCCCCBr. The Bertz CT molecular complexity index is 175. The molecule has 1 heteroatoms. The van der Waals surface area contributed by atoms with E-state index in [1.807, 2.05) is 0 Å². The Morgan fingerprint density at radius 1 is 0.579 bits per heavy atom. The Hall–Kier alpha value is 0.220. The molecule has 114 valence electrons. The fourth-order valence-electron chi connectivity index (χ4n) is 2.35. The van der Waals surface area contributed by atoms with Gasteiger partial charge in [-0.05, 0) is 25.7 Å². The van der Waals surface area contributed by atoms with Crippen molar-refractivity contribution in [3.8, 4) is 0 Å². The Morgan fingerprint density at radius 3 is 1.47 bits per heavy atom. The smallest absolute Gasteiger partial charge is 0.00313 e. The molecule has 0 radical (unpaired) electrons. The normalized spacial score (nSPS) is 11.5. The minimum atomic E-state index is 1.18. The van der Waals surface area contributed by atoms with Crippen LogP contribution >= 0.6 is 15.9 Å². The fraction of sp³-hybridized carbons (Fsp3) is 0.889. The molecular formula is C18H35Br. The van der Waals surface area contributed by atoms with E-state index in [1.165, 1.54) is 95.2 Å². The second-order valence-electron chi connectivity index (χ2n) is 5.63. The molecule has 0 aromatic heterocycles. The number of rotatable bonds is 15. The number of halogens is 1. The van der Waals surface area contributed by atoms with Gasteiger partial charge in [0.1, 0.15) is 0 Å². The molecule has 0 aromatic rings. The number of allylic oxidation sites excluding steroid dienone is 2. The molecule has 0 aliphatic rings. The molecule has 0 N–H and O–H groups in total. The quantitative estimate of drug-likeness (QED) is 0.166. The fourth-order valence-corrected chi connectivity index (χ4v) is 2.75. The molecule has 0 fully saturated rings. The maximum Gasteiger partial charge on any atom is 0.00313 e. The van der Waals surface area contributed by atoms with Crippen molar-refractivity contribution < 1.29 is 0 Å². The zero-order valence-electron chi connectivity index (χ0n) is 13.1. The van der Waals surface area contributed by atoms with E-state index in [4.69, 9.17) is 0 Å². The molecule has 0 saturated heterocycles. The first-order valence-corrected chi connectivity index (χ1v) is 9.75.